The Morgan fingerprint density at radius 2 is 1.84 bits per heavy atom. The van der Waals surface area contributed by atoms with E-state index in [0.717, 1.165) is 12.1 Å². The fourth-order valence-electron chi connectivity index (χ4n) is 1.47. The summed E-state index contributed by atoms with van der Waals surface area (Å²) in [6.45, 7) is 6.33. The largest absolute Gasteiger partial charge is 0.493 e. The van der Waals surface area contributed by atoms with Crippen LogP contribution in [0.2, 0.25) is 0 Å². The van der Waals surface area contributed by atoms with Crippen molar-refractivity contribution >= 4 is 23.0 Å². The molecule has 1 aromatic carbocycles. The Morgan fingerprint density at radius 3 is 2.37 bits per heavy atom. The average molecular weight is 282 g/mol. The molecule has 0 saturated carbocycles. The third-order valence-corrected chi connectivity index (χ3v) is 3.18. The average Bonchev–Trinajstić information content (AvgIpc) is 2.37. The van der Waals surface area contributed by atoms with Gasteiger partial charge in [-0.3, -0.25) is 0 Å². The van der Waals surface area contributed by atoms with Crippen molar-refractivity contribution in [1.82, 2.24) is 5.32 Å². The lowest BCUT2D eigenvalue weighted by molar-refractivity contribution is 0.355. The van der Waals surface area contributed by atoms with Gasteiger partial charge >= 0.3 is 0 Å². The number of benzene rings is 1. The third kappa shape index (κ3) is 4.59. The van der Waals surface area contributed by atoms with Crippen LogP contribution in [0.15, 0.2) is 18.2 Å². The molecule has 0 amide bonds. The maximum atomic E-state index is 5.30. The SMILES string of the molecule is CCC(C)(C)NC(=S)Nc1ccc(OC)c(OC)c1. The molecule has 0 saturated heterocycles. The predicted molar refractivity (Wildman–Crippen MR) is 83.3 cm³/mol. The first kappa shape index (κ1) is 15.6. The summed E-state index contributed by atoms with van der Waals surface area (Å²) in [4.78, 5) is 0. The first-order valence-electron chi connectivity index (χ1n) is 6.23. The molecule has 0 bridgehead atoms. The van der Waals surface area contributed by atoms with Crippen molar-refractivity contribution in [2.24, 2.45) is 0 Å². The van der Waals surface area contributed by atoms with Gasteiger partial charge in [-0.1, -0.05) is 6.92 Å². The van der Waals surface area contributed by atoms with Gasteiger partial charge in [0, 0.05) is 17.3 Å². The van der Waals surface area contributed by atoms with Crippen LogP contribution in [0.3, 0.4) is 0 Å². The number of hydrogen-bond donors (Lipinski definition) is 2. The van der Waals surface area contributed by atoms with Crippen LogP contribution in [-0.2, 0) is 0 Å². The van der Waals surface area contributed by atoms with E-state index in [-0.39, 0.29) is 5.54 Å². The van der Waals surface area contributed by atoms with E-state index in [1.807, 2.05) is 18.2 Å². The van der Waals surface area contributed by atoms with E-state index in [9.17, 15) is 0 Å². The predicted octanol–water partition coefficient (Wildman–Crippen LogP) is 3.18. The molecular weight excluding hydrogens is 260 g/mol. The maximum Gasteiger partial charge on any atom is 0.171 e. The highest BCUT2D eigenvalue weighted by Crippen LogP contribution is 2.29. The van der Waals surface area contributed by atoms with Gasteiger partial charge in [-0.15, -0.1) is 0 Å². The van der Waals surface area contributed by atoms with Gasteiger partial charge in [-0.2, -0.15) is 0 Å². The maximum absolute atomic E-state index is 5.30. The highest BCUT2D eigenvalue weighted by molar-refractivity contribution is 7.80. The Bertz CT molecular complexity index is 447. The van der Waals surface area contributed by atoms with Crippen molar-refractivity contribution in [3.05, 3.63) is 18.2 Å². The molecule has 0 atom stereocenters. The number of thiocarbonyl (C=S) groups is 1. The van der Waals surface area contributed by atoms with Gasteiger partial charge in [0.1, 0.15) is 0 Å². The Morgan fingerprint density at radius 1 is 1.21 bits per heavy atom. The fraction of sp³-hybridized carbons (Fsp3) is 0.500. The summed E-state index contributed by atoms with van der Waals surface area (Å²) in [5, 5.41) is 7.01. The standard InChI is InChI=1S/C14H22N2O2S/c1-6-14(2,3)16-13(19)15-10-7-8-11(17-4)12(9-10)18-5/h7-9H,6H2,1-5H3,(H2,15,16,19). The van der Waals surface area contributed by atoms with E-state index in [2.05, 4.69) is 31.4 Å². The second kappa shape index (κ2) is 6.61. The highest BCUT2D eigenvalue weighted by Gasteiger charge is 2.15. The number of hydrogen-bond acceptors (Lipinski definition) is 3. The van der Waals surface area contributed by atoms with Crippen molar-refractivity contribution in [3.8, 4) is 11.5 Å². The summed E-state index contributed by atoms with van der Waals surface area (Å²) < 4.78 is 10.4. The minimum atomic E-state index is -0.0271. The van der Waals surface area contributed by atoms with Gasteiger partial charge in [-0.25, -0.2) is 0 Å². The van der Waals surface area contributed by atoms with Gasteiger partial charge in [0.15, 0.2) is 16.6 Å². The molecule has 19 heavy (non-hydrogen) atoms. The van der Waals surface area contributed by atoms with Crippen LogP contribution in [0.4, 0.5) is 5.69 Å². The van der Waals surface area contributed by atoms with Crippen molar-refractivity contribution in [2.45, 2.75) is 32.7 Å². The van der Waals surface area contributed by atoms with Gasteiger partial charge in [-0.05, 0) is 44.6 Å². The molecular formula is C14H22N2O2S. The molecule has 0 aliphatic rings. The molecule has 1 aromatic rings. The molecule has 5 heteroatoms. The normalized spacial score (nSPS) is 10.8. The molecule has 4 nitrogen and oxygen atoms in total. The zero-order valence-corrected chi connectivity index (χ0v) is 13.0. The second-order valence-electron chi connectivity index (χ2n) is 4.89. The lowest BCUT2D eigenvalue weighted by Crippen LogP contribution is -2.44. The molecule has 2 N–H and O–H groups in total. The molecule has 106 valence electrons. The summed E-state index contributed by atoms with van der Waals surface area (Å²) in [6, 6.07) is 5.59. The number of nitrogens with one attached hydrogen (secondary N) is 2. The van der Waals surface area contributed by atoms with Crippen LogP contribution >= 0.6 is 12.2 Å². The summed E-state index contributed by atoms with van der Waals surface area (Å²) in [6.07, 6.45) is 0.987. The number of methoxy groups -OCH3 is 2. The monoisotopic (exact) mass is 282 g/mol. The Labute approximate surface area is 120 Å². The van der Waals surface area contributed by atoms with Crippen LogP contribution in [0.25, 0.3) is 0 Å². The molecule has 0 radical (unpaired) electrons. The summed E-state index contributed by atoms with van der Waals surface area (Å²) in [7, 11) is 3.22. The zero-order chi connectivity index (χ0) is 14.5. The molecule has 0 fully saturated rings. The topological polar surface area (TPSA) is 42.5 Å². The van der Waals surface area contributed by atoms with Crippen molar-refractivity contribution in [1.29, 1.82) is 0 Å². The van der Waals surface area contributed by atoms with Crippen molar-refractivity contribution in [3.63, 3.8) is 0 Å². The summed E-state index contributed by atoms with van der Waals surface area (Å²) in [5.41, 5.74) is 0.836. The van der Waals surface area contributed by atoms with E-state index in [1.165, 1.54) is 0 Å². The van der Waals surface area contributed by atoms with Crippen LogP contribution in [0, 0.1) is 0 Å². The van der Waals surface area contributed by atoms with Gasteiger partial charge in [0.2, 0.25) is 0 Å². The number of ether oxygens (including phenoxy) is 2. The molecule has 0 aliphatic heterocycles. The summed E-state index contributed by atoms with van der Waals surface area (Å²) in [5.74, 6) is 1.37. The minimum Gasteiger partial charge on any atom is -0.493 e. The zero-order valence-electron chi connectivity index (χ0n) is 12.2. The smallest absolute Gasteiger partial charge is 0.171 e. The second-order valence-corrected chi connectivity index (χ2v) is 5.29. The fourth-order valence-corrected chi connectivity index (χ4v) is 1.87. The van der Waals surface area contributed by atoms with E-state index in [4.69, 9.17) is 21.7 Å². The molecule has 0 spiro atoms. The molecule has 0 heterocycles. The van der Waals surface area contributed by atoms with Crippen LogP contribution in [0.5, 0.6) is 11.5 Å². The van der Waals surface area contributed by atoms with E-state index in [0.29, 0.717) is 16.6 Å². The molecule has 0 aromatic heterocycles. The van der Waals surface area contributed by atoms with Crippen LogP contribution in [0.1, 0.15) is 27.2 Å². The van der Waals surface area contributed by atoms with E-state index < -0.39 is 0 Å². The Balaban J connectivity index is 2.75. The van der Waals surface area contributed by atoms with Crippen molar-refractivity contribution < 1.29 is 9.47 Å². The van der Waals surface area contributed by atoms with E-state index >= 15 is 0 Å². The first-order valence-corrected chi connectivity index (χ1v) is 6.64. The number of rotatable bonds is 5. The lowest BCUT2D eigenvalue weighted by atomic mass is 10.0. The third-order valence-electron chi connectivity index (χ3n) is 2.98. The van der Waals surface area contributed by atoms with Crippen molar-refractivity contribution in [2.75, 3.05) is 19.5 Å². The molecule has 0 unspecified atom stereocenters. The lowest BCUT2D eigenvalue weighted by Gasteiger charge is -2.26. The molecule has 1 rings (SSSR count). The number of anilines is 1. The van der Waals surface area contributed by atoms with Gasteiger partial charge in [0.05, 0.1) is 14.2 Å². The van der Waals surface area contributed by atoms with Gasteiger partial charge in [0.25, 0.3) is 0 Å². The van der Waals surface area contributed by atoms with Crippen LogP contribution in [-0.4, -0.2) is 24.9 Å². The summed E-state index contributed by atoms with van der Waals surface area (Å²) >= 11 is 5.30. The Kier molecular flexibility index (Phi) is 5.42. The highest BCUT2D eigenvalue weighted by atomic mass is 32.1. The molecule has 0 aliphatic carbocycles. The van der Waals surface area contributed by atoms with E-state index in [1.54, 1.807) is 14.2 Å². The quantitative estimate of drug-likeness (QED) is 0.812. The van der Waals surface area contributed by atoms with Crippen LogP contribution < -0.4 is 20.1 Å². The van der Waals surface area contributed by atoms with Gasteiger partial charge < -0.3 is 20.1 Å². The Hall–Kier alpha value is -1.49. The minimum absolute atomic E-state index is 0.0271. The first-order chi connectivity index (χ1) is 8.91.